The lowest BCUT2D eigenvalue weighted by atomic mass is 10.2. The summed E-state index contributed by atoms with van der Waals surface area (Å²) in [6, 6.07) is 25.2. The van der Waals surface area contributed by atoms with Gasteiger partial charge in [-0.1, -0.05) is 70.2 Å². The molecule has 1 heterocycles. The van der Waals surface area contributed by atoms with Gasteiger partial charge in [0.1, 0.15) is 5.75 Å². The number of benzene rings is 3. The Morgan fingerprint density at radius 1 is 1.06 bits per heavy atom. The summed E-state index contributed by atoms with van der Waals surface area (Å²) in [5, 5.41) is 13.4. The van der Waals surface area contributed by atoms with Gasteiger partial charge in [-0.05, 0) is 43.3 Å². The van der Waals surface area contributed by atoms with Crippen molar-refractivity contribution in [1.82, 2.24) is 20.2 Å². The lowest BCUT2D eigenvalue weighted by Gasteiger charge is -2.10. The van der Waals surface area contributed by atoms with Gasteiger partial charge >= 0.3 is 0 Å². The van der Waals surface area contributed by atoms with Crippen LogP contribution in [0.15, 0.2) is 93.6 Å². The van der Waals surface area contributed by atoms with Crippen LogP contribution in [0, 0.1) is 0 Å². The third kappa shape index (κ3) is 5.92. The Labute approximate surface area is 210 Å². The maximum Gasteiger partial charge on any atom is 0.250 e. The van der Waals surface area contributed by atoms with Crippen molar-refractivity contribution in [3.63, 3.8) is 0 Å². The summed E-state index contributed by atoms with van der Waals surface area (Å²) < 4.78 is 8.50. The number of hydrogen-bond acceptors (Lipinski definition) is 6. The van der Waals surface area contributed by atoms with Crippen molar-refractivity contribution >= 4 is 39.8 Å². The highest BCUT2D eigenvalue weighted by Gasteiger charge is 2.17. The minimum absolute atomic E-state index is 0.135. The summed E-state index contributed by atoms with van der Waals surface area (Å²) in [7, 11) is 0. The highest BCUT2D eigenvalue weighted by Crippen LogP contribution is 2.28. The molecule has 0 fully saturated rings. The van der Waals surface area contributed by atoms with Gasteiger partial charge in [-0.2, -0.15) is 5.10 Å². The number of rotatable bonds is 9. The van der Waals surface area contributed by atoms with Gasteiger partial charge in [0.25, 0.3) is 5.91 Å². The highest BCUT2D eigenvalue weighted by atomic mass is 79.9. The standard InChI is InChI=1S/C25H22BrN5O2S/c1-2-33-22-11-7-6-8-19(22)16-27-28-23(32)17-34-25-30-29-24(18-12-14-20(26)15-13-18)31(25)21-9-4-3-5-10-21/h3-16H,2,17H2,1H3,(H,28,32). The molecular formula is C25H22BrN5O2S. The minimum atomic E-state index is -0.247. The molecule has 0 radical (unpaired) electrons. The number of aromatic nitrogens is 3. The van der Waals surface area contributed by atoms with Gasteiger partial charge in [0.2, 0.25) is 0 Å². The number of carbonyl (C=O) groups excluding carboxylic acids is 1. The first-order valence-electron chi connectivity index (χ1n) is 10.6. The molecule has 0 aliphatic rings. The summed E-state index contributed by atoms with van der Waals surface area (Å²) in [5.41, 5.74) is 5.20. The molecule has 9 heteroatoms. The number of carbonyl (C=O) groups is 1. The lowest BCUT2D eigenvalue weighted by Crippen LogP contribution is -2.20. The normalized spacial score (nSPS) is 11.0. The monoisotopic (exact) mass is 535 g/mol. The molecule has 34 heavy (non-hydrogen) atoms. The fourth-order valence-electron chi connectivity index (χ4n) is 3.17. The van der Waals surface area contributed by atoms with E-state index in [0.29, 0.717) is 23.3 Å². The summed E-state index contributed by atoms with van der Waals surface area (Å²) >= 11 is 4.76. The molecule has 1 aromatic heterocycles. The van der Waals surface area contributed by atoms with Crippen LogP contribution in [0.1, 0.15) is 12.5 Å². The average Bonchev–Trinajstić information content (AvgIpc) is 3.29. The Balaban J connectivity index is 1.48. The van der Waals surface area contributed by atoms with Gasteiger partial charge in [-0.3, -0.25) is 9.36 Å². The number of amides is 1. The molecule has 0 aliphatic heterocycles. The van der Waals surface area contributed by atoms with Crippen molar-refractivity contribution in [2.75, 3.05) is 12.4 Å². The number of hydrogen-bond donors (Lipinski definition) is 1. The van der Waals surface area contributed by atoms with E-state index >= 15 is 0 Å². The number of nitrogens with zero attached hydrogens (tertiary/aromatic N) is 4. The van der Waals surface area contributed by atoms with Crippen LogP contribution < -0.4 is 10.2 Å². The van der Waals surface area contributed by atoms with Gasteiger partial charge in [-0.25, -0.2) is 5.43 Å². The SMILES string of the molecule is CCOc1ccccc1C=NNC(=O)CSc1nnc(-c2ccc(Br)cc2)n1-c1ccccc1. The zero-order valence-corrected chi connectivity index (χ0v) is 20.8. The van der Waals surface area contributed by atoms with Crippen molar-refractivity contribution < 1.29 is 9.53 Å². The van der Waals surface area contributed by atoms with E-state index in [0.717, 1.165) is 21.3 Å². The quantitative estimate of drug-likeness (QED) is 0.178. The number of hydrazone groups is 1. The molecule has 0 atom stereocenters. The van der Waals surface area contributed by atoms with E-state index in [1.165, 1.54) is 11.8 Å². The molecule has 0 saturated heterocycles. The molecule has 0 bridgehead atoms. The predicted octanol–water partition coefficient (Wildman–Crippen LogP) is 5.34. The maximum absolute atomic E-state index is 12.4. The molecule has 0 saturated carbocycles. The first-order chi connectivity index (χ1) is 16.7. The van der Waals surface area contributed by atoms with Crippen LogP contribution in [-0.2, 0) is 4.79 Å². The molecule has 0 aliphatic carbocycles. The molecule has 4 rings (SSSR count). The Kier molecular flexibility index (Phi) is 8.11. The van der Waals surface area contributed by atoms with Crippen LogP contribution in [0.5, 0.6) is 5.75 Å². The van der Waals surface area contributed by atoms with E-state index in [9.17, 15) is 4.79 Å². The molecule has 0 unspecified atom stereocenters. The molecule has 7 nitrogen and oxygen atoms in total. The molecular weight excluding hydrogens is 514 g/mol. The maximum atomic E-state index is 12.4. The highest BCUT2D eigenvalue weighted by molar-refractivity contribution is 9.10. The molecule has 1 amide bonds. The number of thioether (sulfide) groups is 1. The predicted molar refractivity (Wildman–Crippen MR) is 139 cm³/mol. The molecule has 1 N–H and O–H groups in total. The van der Waals surface area contributed by atoms with Gasteiger partial charge in [0, 0.05) is 21.3 Å². The van der Waals surface area contributed by atoms with Gasteiger partial charge < -0.3 is 4.74 Å². The second-order valence-electron chi connectivity index (χ2n) is 7.04. The van der Waals surface area contributed by atoms with Gasteiger partial charge in [0.15, 0.2) is 11.0 Å². The second kappa shape index (κ2) is 11.6. The Morgan fingerprint density at radius 2 is 1.79 bits per heavy atom. The van der Waals surface area contributed by atoms with Crippen LogP contribution in [0.3, 0.4) is 0 Å². The van der Waals surface area contributed by atoms with Crippen molar-refractivity contribution in [2.24, 2.45) is 5.10 Å². The number of ether oxygens (including phenoxy) is 1. The van der Waals surface area contributed by atoms with E-state index < -0.39 is 0 Å². The first kappa shape index (κ1) is 23.7. The number of nitrogens with one attached hydrogen (secondary N) is 1. The molecule has 172 valence electrons. The van der Waals surface area contributed by atoms with Crippen LogP contribution >= 0.6 is 27.7 Å². The average molecular weight is 536 g/mol. The number of halogens is 1. The van der Waals surface area contributed by atoms with Crippen molar-refractivity contribution in [1.29, 1.82) is 0 Å². The minimum Gasteiger partial charge on any atom is -0.493 e. The van der Waals surface area contributed by atoms with Crippen LogP contribution in [-0.4, -0.2) is 39.2 Å². The molecule has 0 spiro atoms. The Bertz CT molecular complexity index is 1280. The third-order valence-corrected chi connectivity index (χ3v) is 6.15. The summed E-state index contributed by atoms with van der Waals surface area (Å²) in [5.74, 6) is 1.30. The zero-order valence-electron chi connectivity index (χ0n) is 18.4. The molecule has 3 aromatic carbocycles. The van der Waals surface area contributed by atoms with Gasteiger partial charge in [-0.15, -0.1) is 10.2 Å². The van der Waals surface area contributed by atoms with Gasteiger partial charge in [0.05, 0.1) is 18.6 Å². The summed E-state index contributed by atoms with van der Waals surface area (Å²) in [4.78, 5) is 12.4. The lowest BCUT2D eigenvalue weighted by molar-refractivity contribution is -0.118. The fourth-order valence-corrected chi connectivity index (χ4v) is 4.18. The topological polar surface area (TPSA) is 81.4 Å². The van der Waals surface area contributed by atoms with Crippen LogP contribution in [0.2, 0.25) is 0 Å². The third-order valence-electron chi connectivity index (χ3n) is 4.69. The zero-order chi connectivity index (χ0) is 23.8. The Hall–Kier alpha value is -3.43. The van der Waals surface area contributed by atoms with E-state index in [-0.39, 0.29) is 11.7 Å². The summed E-state index contributed by atoms with van der Waals surface area (Å²) in [6.07, 6.45) is 1.58. The van der Waals surface area contributed by atoms with Crippen molar-refractivity contribution in [3.05, 3.63) is 88.9 Å². The van der Waals surface area contributed by atoms with Crippen LogP contribution in [0.4, 0.5) is 0 Å². The van der Waals surface area contributed by atoms with Crippen molar-refractivity contribution in [3.8, 4) is 22.8 Å². The molecule has 4 aromatic rings. The Morgan fingerprint density at radius 3 is 2.56 bits per heavy atom. The fraction of sp³-hybridized carbons (Fsp3) is 0.120. The van der Waals surface area contributed by atoms with Crippen LogP contribution in [0.25, 0.3) is 17.1 Å². The largest absolute Gasteiger partial charge is 0.493 e. The number of para-hydroxylation sites is 2. The smallest absolute Gasteiger partial charge is 0.250 e. The first-order valence-corrected chi connectivity index (χ1v) is 12.4. The summed E-state index contributed by atoms with van der Waals surface area (Å²) in [6.45, 7) is 2.47. The van der Waals surface area contributed by atoms with E-state index in [4.69, 9.17) is 4.74 Å². The van der Waals surface area contributed by atoms with E-state index in [1.54, 1.807) is 6.21 Å². The van der Waals surface area contributed by atoms with Crippen molar-refractivity contribution in [2.45, 2.75) is 12.1 Å². The second-order valence-corrected chi connectivity index (χ2v) is 8.89. The van der Waals surface area contributed by atoms with E-state index in [1.807, 2.05) is 90.4 Å². The van der Waals surface area contributed by atoms with E-state index in [2.05, 4.69) is 36.7 Å².